The first-order valence-corrected chi connectivity index (χ1v) is 3.64. The molecule has 0 aromatic carbocycles. The molecule has 68 valence electrons. The molecule has 0 radical (unpaired) electrons. The van der Waals surface area contributed by atoms with Gasteiger partial charge in [-0.25, -0.2) is 10.2 Å². The summed E-state index contributed by atoms with van der Waals surface area (Å²) in [6, 6.07) is 3.50. The number of pyridine rings is 1. The van der Waals surface area contributed by atoms with Crippen molar-refractivity contribution in [1.82, 2.24) is 10.4 Å². The van der Waals surface area contributed by atoms with Gasteiger partial charge >= 0.3 is 6.09 Å². The molecule has 5 nitrogen and oxygen atoms in total. The third-order valence-corrected chi connectivity index (χ3v) is 1.42. The van der Waals surface area contributed by atoms with Gasteiger partial charge in [-0.15, -0.1) is 0 Å². The van der Waals surface area contributed by atoms with Crippen LogP contribution in [0.25, 0.3) is 0 Å². The third kappa shape index (κ3) is 2.90. The standard InChI is InChI=1S/C8H9N3O2/c1-6(10-11-8(12)13)7-2-4-9-5-3-7/h2-5,11H,1H3,(H,12,13)/b10-6-. The SMILES string of the molecule is C/C(=N/NC(=O)O)c1ccncc1. The Morgan fingerprint density at radius 2 is 2.15 bits per heavy atom. The fraction of sp³-hybridized carbons (Fsp3) is 0.125. The first kappa shape index (κ1) is 9.18. The van der Waals surface area contributed by atoms with Crippen LogP contribution in [0.1, 0.15) is 12.5 Å². The van der Waals surface area contributed by atoms with Crippen LogP contribution in [0, 0.1) is 0 Å². The first-order chi connectivity index (χ1) is 6.20. The molecule has 1 amide bonds. The van der Waals surface area contributed by atoms with E-state index in [-0.39, 0.29) is 0 Å². The number of nitrogens with zero attached hydrogens (tertiary/aromatic N) is 2. The van der Waals surface area contributed by atoms with E-state index in [0.29, 0.717) is 5.71 Å². The molecule has 0 aliphatic carbocycles. The number of hydrazone groups is 1. The van der Waals surface area contributed by atoms with Crippen LogP contribution in [0.3, 0.4) is 0 Å². The van der Waals surface area contributed by atoms with Gasteiger partial charge in [0.25, 0.3) is 0 Å². The Bertz CT molecular complexity index is 321. The zero-order valence-corrected chi connectivity index (χ0v) is 7.06. The van der Waals surface area contributed by atoms with E-state index in [1.165, 1.54) is 0 Å². The van der Waals surface area contributed by atoms with Crippen molar-refractivity contribution in [3.63, 3.8) is 0 Å². The Morgan fingerprint density at radius 3 is 2.69 bits per heavy atom. The summed E-state index contributed by atoms with van der Waals surface area (Å²) in [6.45, 7) is 1.71. The highest BCUT2D eigenvalue weighted by Gasteiger charge is 1.96. The third-order valence-electron chi connectivity index (χ3n) is 1.42. The molecule has 0 atom stereocenters. The average molecular weight is 179 g/mol. The predicted molar refractivity (Wildman–Crippen MR) is 47.6 cm³/mol. The van der Waals surface area contributed by atoms with E-state index in [4.69, 9.17) is 5.11 Å². The molecule has 0 spiro atoms. The summed E-state index contributed by atoms with van der Waals surface area (Å²) in [6.07, 6.45) is 2.07. The van der Waals surface area contributed by atoms with Crippen molar-refractivity contribution in [2.45, 2.75) is 6.92 Å². The van der Waals surface area contributed by atoms with Gasteiger partial charge in [0.2, 0.25) is 0 Å². The lowest BCUT2D eigenvalue weighted by atomic mass is 10.2. The Morgan fingerprint density at radius 1 is 1.54 bits per heavy atom. The largest absolute Gasteiger partial charge is 0.464 e. The maximum absolute atomic E-state index is 10.1. The molecule has 1 aromatic heterocycles. The Labute approximate surface area is 75.1 Å². The number of hydrogen-bond donors (Lipinski definition) is 2. The van der Waals surface area contributed by atoms with Gasteiger partial charge in [0.1, 0.15) is 0 Å². The lowest BCUT2D eigenvalue weighted by Gasteiger charge is -1.98. The molecule has 1 rings (SSSR count). The van der Waals surface area contributed by atoms with Gasteiger partial charge in [0.05, 0.1) is 5.71 Å². The van der Waals surface area contributed by atoms with Crippen LogP contribution >= 0.6 is 0 Å². The van der Waals surface area contributed by atoms with Crippen molar-refractivity contribution >= 4 is 11.8 Å². The molecule has 2 N–H and O–H groups in total. The molecule has 0 saturated heterocycles. The molecule has 0 saturated carbocycles. The van der Waals surface area contributed by atoms with Gasteiger partial charge in [-0.3, -0.25) is 4.98 Å². The number of amides is 1. The predicted octanol–water partition coefficient (Wildman–Crippen LogP) is 1.07. The Balaban J connectivity index is 2.73. The minimum atomic E-state index is -1.17. The number of aromatic nitrogens is 1. The molecule has 0 bridgehead atoms. The second kappa shape index (κ2) is 4.20. The smallest absolute Gasteiger partial charge is 0.425 e. The summed E-state index contributed by atoms with van der Waals surface area (Å²) in [5, 5.41) is 11.9. The number of rotatable bonds is 2. The molecular weight excluding hydrogens is 170 g/mol. The van der Waals surface area contributed by atoms with Gasteiger partial charge in [0, 0.05) is 18.0 Å². The molecule has 0 aliphatic rings. The monoisotopic (exact) mass is 179 g/mol. The van der Waals surface area contributed by atoms with E-state index in [0.717, 1.165) is 5.56 Å². The van der Waals surface area contributed by atoms with E-state index < -0.39 is 6.09 Å². The minimum absolute atomic E-state index is 0.602. The zero-order chi connectivity index (χ0) is 9.68. The summed E-state index contributed by atoms with van der Waals surface area (Å²) in [5.74, 6) is 0. The summed E-state index contributed by atoms with van der Waals surface area (Å²) in [4.78, 5) is 13.9. The van der Waals surface area contributed by atoms with E-state index in [2.05, 4.69) is 10.1 Å². The van der Waals surface area contributed by atoms with Gasteiger partial charge < -0.3 is 5.11 Å². The molecular formula is C8H9N3O2. The second-order valence-corrected chi connectivity index (χ2v) is 2.35. The van der Waals surface area contributed by atoms with E-state index >= 15 is 0 Å². The zero-order valence-electron chi connectivity index (χ0n) is 7.06. The van der Waals surface area contributed by atoms with Crippen LogP contribution in [0.2, 0.25) is 0 Å². The lowest BCUT2D eigenvalue weighted by molar-refractivity contribution is 0.195. The highest BCUT2D eigenvalue weighted by molar-refractivity contribution is 5.98. The molecule has 0 fully saturated rings. The summed E-state index contributed by atoms with van der Waals surface area (Å²) in [7, 11) is 0. The maximum Gasteiger partial charge on any atom is 0.425 e. The van der Waals surface area contributed by atoms with Crippen LogP contribution in [0.15, 0.2) is 29.6 Å². The van der Waals surface area contributed by atoms with Crippen LogP contribution in [0.5, 0.6) is 0 Å². The van der Waals surface area contributed by atoms with Gasteiger partial charge in [-0.05, 0) is 19.1 Å². The molecule has 0 unspecified atom stereocenters. The Kier molecular flexibility index (Phi) is 2.97. The first-order valence-electron chi connectivity index (χ1n) is 3.64. The number of carbonyl (C=O) groups is 1. The van der Waals surface area contributed by atoms with Crippen LogP contribution in [0.4, 0.5) is 4.79 Å². The fourth-order valence-electron chi connectivity index (χ4n) is 0.789. The van der Waals surface area contributed by atoms with Crippen molar-refractivity contribution in [3.05, 3.63) is 30.1 Å². The summed E-state index contributed by atoms with van der Waals surface area (Å²) >= 11 is 0. The van der Waals surface area contributed by atoms with Crippen LogP contribution in [-0.4, -0.2) is 21.9 Å². The quantitative estimate of drug-likeness (QED) is 0.526. The van der Waals surface area contributed by atoms with Crippen molar-refractivity contribution in [2.24, 2.45) is 5.10 Å². The lowest BCUT2D eigenvalue weighted by Crippen LogP contribution is -2.16. The van der Waals surface area contributed by atoms with Crippen molar-refractivity contribution in [1.29, 1.82) is 0 Å². The topological polar surface area (TPSA) is 74.6 Å². The van der Waals surface area contributed by atoms with Gasteiger partial charge in [-0.1, -0.05) is 0 Å². The number of nitrogens with one attached hydrogen (secondary N) is 1. The number of hydrogen-bond acceptors (Lipinski definition) is 3. The molecule has 5 heteroatoms. The summed E-state index contributed by atoms with van der Waals surface area (Å²) in [5.41, 5.74) is 3.37. The number of carboxylic acid groups (broad SMARTS) is 1. The van der Waals surface area contributed by atoms with Crippen molar-refractivity contribution in [2.75, 3.05) is 0 Å². The maximum atomic E-state index is 10.1. The molecule has 13 heavy (non-hydrogen) atoms. The van der Waals surface area contributed by atoms with Gasteiger partial charge in [-0.2, -0.15) is 5.10 Å². The summed E-state index contributed by atoms with van der Waals surface area (Å²) < 4.78 is 0. The highest BCUT2D eigenvalue weighted by atomic mass is 16.4. The van der Waals surface area contributed by atoms with E-state index in [9.17, 15) is 4.79 Å². The van der Waals surface area contributed by atoms with E-state index in [1.54, 1.807) is 31.5 Å². The van der Waals surface area contributed by atoms with Crippen LogP contribution in [-0.2, 0) is 0 Å². The fourth-order valence-corrected chi connectivity index (χ4v) is 0.789. The molecule has 1 heterocycles. The average Bonchev–Trinajstić information content (AvgIpc) is 2.15. The highest BCUT2D eigenvalue weighted by Crippen LogP contribution is 1.97. The second-order valence-electron chi connectivity index (χ2n) is 2.35. The van der Waals surface area contributed by atoms with Gasteiger partial charge in [0.15, 0.2) is 0 Å². The molecule has 1 aromatic rings. The Hall–Kier alpha value is -1.91. The minimum Gasteiger partial charge on any atom is -0.464 e. The molecule has 0 aliphatic heterocycles. The van der Waals surface area contributed by atoms with Crippen LogP contribution < -0.4 is 5.43 Å². The van der Waals surface area contributed by atoms with Crippen molar-refractivity contribution in [3.8, 4) is 0 Å². The normalized spacial score (nSPS) is 11.0. The van der Waals surface area contributed by atoms with E-state index in [1.807, 2.05) is 5.43 Å². The van der Waals surface area contributed by atoms with Crippen molar-refractivity contribution < 1.29 is 9.90 Å².